The Kier molecular flexibility index (Phi) is 4.53. The molecule has 3 heteroatoms. The average Bonchev–Trinajstić information content (AvgIpc) is 2.80. The van der Waals surface area contributed by atoms with E-state index >= 15 is 0 Å². The Morgan fingerprint density at radius 1 is 1.22 bits per heavy atom. The minimum Gasteiger partial charge on any atom is -0.329 e. The number of nitrogens with zero attached hydrogens (tertiary/aromatic N) is 2. The lowest BCUT2D eigenvalue weighted by Gasteiger charge is -2.09. The number of aryl methyl sites for hydroxylation is 1. The molecule has 1 N–H and O–H groups in total. The third-order valence-electron chi connectivity index (χ3n) is 3.00. The van der Waals surface area contributed by atoms with Crippen LogP contribution in [-0.2, 0) is 13.1 Å². The summed E-state index contributed by atoms with van der Waals surface area (Å²) in [4.78, 5) is 4.24. The van der Waals surface area contributed by atoms with Crippen LogP contribution in [0.15, 0.2) is 36.8 Å². The average molecular weight is 243 g/mol. The summed E-state index contributed by atoms with van der Waals surface area (Å²) in [5.74, 6) is 0. The Morgan fingerprint density at radius 3 is 2.72 bits per heavy atom. The van der Waals surface area contributed by atoms with Gasteiger partial charge in [-0.15, -0.1) is 0 Å². The van der Waals surface area contributed by atoms with Gasteiger partial charge < -0.3 is 9.88 Å². The molecule has 0 bridgehead atoms. The molecule has 0 saturated heterocycles. The van der Waals surface area contributed by atoms with Crippen LogP contribution in [0.2, 0.25) is 0 Å². The maximum absolute atomic E-state index is 4.24. The van der Waals surface area contributed by atoms with Crippen LogP contribution in [0.5, 0.6) is 0 Å². The normalized spacial score (nSPS) is 10.8. The highest BCUT2D eigenvalue weighted by atomic mass is 15.1. The van der Waals surface area contributed by atoms with Crippen molar-refractivity contribution < 1.29 is 0 Å². The standard InChI is InChI=1S/C15H21N3/c1-3-8-16-9-15-10-17-12-18(15)11-14-6-4-13(2)5-7-14/h4-7,10,12,16H,3,8-9,11H2,1-2H3. The van der Waals surface area contributed by atoms with Gasteiger partial charge in [-0.1, -0.05) is 36.8 Å². The van der Waals surface area contributed by atoms with Gasteiger partial charge in [-0.3, -0.25) is 0 Å². The molecule has 0 amide bonds. The SMILES string of the molecule is CCCNCc1cncn1Cc1ccc(C)cc1. The number of hydrogen-bond donors (Lipinski definition) is 1. The van der Waals surface area contributed by atoms with Gasteiger partial charge in [-0.25, -0.2) is 4.98 Å². The molecule has 18 heavy (non-hydrogen) atoms. The predicted octanol–water partition coefficient (Wildman–Crippen LogP) is 2.74. The van der Waals surface area contributed by atoms with Gasteiger partial charge in [0.1, 0.15) is 0 Å². The van der Waals surface area contributed by atoms with Crippen molar-refractivity contribution in [1.29, 1.82) is 0 Å². The zero-order valence-electron chi connectivity index (χ0n) is 11.2. The fraction of sp³-hybridized carbons (Fsp3) is 0.400. The molecule has 2 rings (SSSR count). The van der Waals surface area contributed by atoms with Crippen LogP contribution in [0, 0.1) is 6.92 Å². The van der Waals surface area contributed by atoms with Crippen molar-refractivity contribution in [3.8, 4) is 0 Å². The molecule has 3 nitrogen and oxygen atoms in total. The monoisotopic (exact) mass is 243 g/mol. The van der Waals surface area contributed by atoms with Gasteiger partial charge in [0.05, 0.1) is 12.0 Å². The highest BCUT2D eigenvalue weighted by Gasteiger charge is 2.02. The lowest BCUT2D eigenvalue weighted by atomic mass is 10.1. The Morgan fingerprint density at radius 2 is 2.00 bits per heavy atom. The molecule has 96 valence electrons. The third-order valence-corrected chi connectivity index (χ3v) is 3.00. The van der Waals surface area contributed by atoms with Crippen LogP contribution >= 0.6 is 0 Å². The number of imidazole rings is 1. The van der Waals surface area contributed by atoms with E-state index in [1.807, 2.05) is 12.5 Å². The van der Waals surface area contributed by atoms with E-state index in [-0.39, 0.29) is 0 Å². The van der Waals surface area contributed by atoms with Gasteiger partial charge in [-0.05, 0) is 25.5 Å². The lowest BCUT2D eigenvalue weighted by molar-refractivity contribution is 0.630. The van der Waals surface area contributed by atoms with Crippen molar-refractivity contribution in [1.82, 2.24) is 14.9 Å². The van der Waals surface area contributed by atoms with Gasteiger partial charge in [0.2, 0.25) is 0 Å². The first-order valence-electron chi connectivity index (χ1n) is 6.55. The first kappa shape index (κ1) is 12.8. The number of aromatic nitrogens is 2. The number of nitrogens with one attached hydrogen (secondary N) is 1. The molecule has 0 aliphatic heterocycles. The molecular weight excluding hydrogens is 222 g/mol. The minimum atomic E-state index is 0.889. The number of rotatable bonds is 6. The second-order valence-electron chi connectivity index (χ2n) is 4.68. The largest absolute Gasteiger partial charge is 0.329 e. The fourth-order valence-electron chi connectivity index (χ4n) is 1.92. The van der Waals surface area contributed by atoms with E-state index in [1.54, 1.807) is 0 Å². The van der Waals surface area contributed by atoms with Crippen molar-refractivity contribution in [2.45, 2.75) is 33.4 Å². The van der Waals surface area contributed by atoms with Gasteiger partial charge in [0.25, 0.3) is 0 Å². The molecule has 1 heterocycles. The Labute approximate surface area is 109 Å². The van der Waals surface area contributed by atoms with Crippen LogP contribution in [0.3, 0.4) is 0 Å². The number of hydrogen-bond acceptors (Lipinski definition) is 2. The first-order chi connectivity index (χ1) is 8.79. The molecule has 0 fully saturated rings. The molecule has 0 atom stereocenters. The summed E-state index contributed by atoms with van der Waals surface area (Å²) in [7, 11) is 0. The molecule has 0 unspecified atom stereocenters. The zero-order valence-corrected chi connectivity index (χ0v) is 11.2. The van der Waals surface area contributed by atoms with E-state index in [2.05, 4.69) is 53.0 Å². The lowest BCUT2D eigenvalue weighted by Crippen LogP contribution is -2.16. The molecule has 0 radical (unpaired) electrons. The van der Waals surface area contributed by atoms with E-state index in [9.17, 15) is 0 Å². The maximum atomic E-state index is 4.24. The van der Waals surface area contributed by atoms with Crippen LogP contribution in [0.1, 0.15) is 30.2 Å². The van der Waals surface area contributed by atoms with Crippen molar-refractivity contribution in [2.75, 3.05) is 6.54 Å². The van der Waals surface area contributed by atoms with Gasteiger partial charge in [0.15, 0.2) is 0 Å². The van der Waals surface area contributed by atoms with Crippen LogP contribution in [0.25, 0.3) is 0 Å². The summed E-state index contributed by atoms with van der Waals surface area (Å²) in [6, 6.07) is 8.67. The highest BCUT2D eigenvalue weighted by molar-refractivity contribution is 5.22. The van der Waals surface area contributed by atoms with E-state index in [0.717, 1.165) is 26.1 Å². The zero-order chi connectivity index (χ0) is 12.8. The van der Waals surface area contributed by atoms with Crippen LogP contribution in [0.4, 0.5) is 0 Å². The summed E-state index contributed by atoms with van der Waals surface area (Å²) in [6.07, 6.45) is 5.01. The Bertz CT molecular complexity index is 471. The fourth-order valence-corrected chi connectivity index (χ4v) is 1.92. The quantitative estimate of drug-likeness (QED) is 0.791. The number of benzene rings is 1. The topological polar surface area (TPSA) is 29.9 Å². The maximum Gasteiger partial charge on any atom is 0.0951 e. The summed E-state index contributed by atoms with van der Waals surface area (Å²) >= 11 is 0. The molecule has 1 aromatic carbocycles. The minimum absolute atomic E-state index is 0.889. The summed E-state index contributed by atoms with van der Waals surface area (Å²) in [6.45, 7) is 7.12. The van der Waals surface area contributed by atoms with Crippen LogP contribution < -0.4 is 5.32 Å². The predicted molar refractivity (Wildman–Crippen MR) is 74.5 cm³/mol. The molecule has 2 aromatic rings. The molecular formula is C15H21N3. The van der Waals surface area contributed by atoms with E-state index < -0.39 is 0 Å². The van der Waals surface area contributed by atoms with E-state index in [4.69, 9.17) is 0 Å². The smallest absolute Gasteiger partial charge is 0.0951 e. The van der Waals surface area contributed by atoms with Crippen molar-refractivity contribution in [3.63, 3.8) is 0 Å². The van der Waals surface area contributed by atoms with E-state index in [1.165, 1.54) is 16.8 Å². The summed E-state index contributed by atoms with van der Waals surface area (Å²) < 4.78 is 2.20. The molecule has 0 aliphatic carbocycles. The van der Waals surface area contributed by atoms with Gasteiger partial charge in [0, 0.05) is 19.3 Å². The summed E-state index contributed by atoms with van der Waals surface area (Å²) in [5, 5.41) is 3.41. The molecule has 0 saturated carbocycles. The second kappa shape index (κ2) is 6.36. The second-order valence-corrected chi connectivity index (χ2v) is 4.68. The van der Waals surface area contributed by atoms with Crippen LogP contribution in [-0.4, -0.2) is 16.1 Å². The van der Waals surface area contributed by atoms with Crippen molar-refractivity contribution >= 4 is 0 Å². The Balaban J connectivity index is 2.00. The molecule has 0 aliphatic rings. The van der Waals surface area contributed by atoms with Gasteiger partial charge >= 0.3 is 0 Å². The van der Waals surface area contributed by atoms with Crippen molar-refractivity contribution in [3.05, 3.63) is 53.6 Å². The van der Waals surface area contributed by atoms with E-state index in [0.29, 0.717) is 0 Å². The first-order valence-corrected chi connectivity index (χ1v) is 6.55. The molecule has 0 spiro atoms. The van der Waals surface area contributed by atoms with Gasteiger partial charge in [-0.2, -0.15) is 0 Å². The highest BCUT2D eigenvalue weighted by Crippen LogP contribution is 2.08. The Hall–Kier alpha value is -1.61. The summed E-state index contributed by atoms with van der Waals surface area (Å²) in [5.41, 5.74) is 3.86. The third kappa shape index (κ3) is 3.44. The van der Waals surface area contributed by atoms with Crippen molar-refractivity contribution in [2.24, 2.45) is 0 Å². The molecule has 1 aromatic heterocycles.